The van der Waals surface area contributed by atoms with Crippen molar-refractivity contribution in [3.8, 4) is 0 Å². The smallest absolute Gasteiger partial charge is 0.363 e. The fourth-order valence-electron chi connectivity index (χ4n) is 2.70. The average molecular weight is 379 g/mol. The van der Waals surface area contributed by atoms with Gasteiger partial charge in [-0.2, -0.15) is 5.10 Å². The molecule has 0 aliphatic heterocycles. The normalized spacial score (nSPS) is 11.5. The molecule has 5 heteroatoms. The van der Waals surface area contributed by atoms with Gasteiger partial charge >= 0.3 is 5.97 Å². The van der Waals surface area contributed by atoms with Crippen LogP contribution in [0.4, 0.5) is 0 Å². The van der Waals surface area contributed by atoms with Gasteiger partial charge in [-0.25, -0.2) is 4.79 Å². The highest BCUT2D eigenvalue weighted by molar-refractivity contribution is 8.15. The average Bonchev–Trinajstić information content (AvgIpc) is 2.65. The summed E-state index contributed by atoms with van der Waals surface area (Å²) in [5.41, 5.74) is 3.94. The van der Waals surface area contributed by atoms with Crippen molar-refractivity contribution in [3.05, 3.63) is 35.9 Å². The van der Waals surface area contributed by atoms with Gasteiger partial charge in [0.25, 0.3) is 0 Å². The van der Waals surface area contributed by atoms with E-state index >= 15 is 0 Å². The van der Waals surface area contributed by atoms with Crippen LogP contribution in [0, 0.1) is 0 Å². The van der Waals surface area contributed by atoms with Gasteiger partial charge in [0, 0.05) is 0 Å². The Balaban J connectivity index is 2.06. The van der Waals surface area contributed by atoms with Crippen molar-refractivity contribution in [2.45, 2.75) is 77.7 Å². The molecule has 4 nitrogen and oxygen atoms in total. The third-order valence-corrected chi connectivity index (χ3v) is 5.26. The van der Waals surface area contributed by atoms with Crippen LogP contribution in [-0.4, -0.2) is 21.9 Å². The second-order valence-corrected chi connectivity index (χ2v) is 7.66. The number of nitrogens with one attached hydrogen (secondary N) is 1. The van der Waals surface area contributed by atoms with E-state index in [2.05, 4.69) is 17.5 Å². The Morgan fingerprint density at radius 3 is 2.12 bits per heavy atom. The lowest BCUT2D eigenvalue weighted by Gasteiger charge is -2.05. The molecule has 0 aromatic heterocycles. The molecule has 0 saturated heterocycles. The number of unbranched alkanes of at least 4 members (excludes halogenated alkanes) is 9. The zero-order valence-corrected chi connectivity index (χ0v) is 16.9. The molecule has 0 unspecified atom stereocenters. The molecule has 0 saturated carbocycles. The number of thioether (sulfide) groups is 1. The lowest BCUT2D eigenvalue weighted by atomic mass is 10.1. The first-order valence-corrected chi connectivity index (χ1v) is 10.9. The van der Waals surface area contributed by atoms with Gasteiger partial charge in [0.05, 0.1) is 6.54 Å². The maximum atomic E-state index is 11.3. The third-order valence-electron chi connectivity index (χ3n) is 4.23. The van der Waals surface area contributed by atoms with Crippen LogP contribution in [0.1, 0.15) is 76.7 Å². The second kappa shape index (κ2) is 15.7. The highest BCUT2D eigenvalue weighted by atomic mass is 32.2. The fraction of sp³-hybridized carbons (Fsp3) is 0.619. The molecule has 0 heterocycles. The molecule has 26 heavy (non-hydrogen) atoms. The second-order valence-electron chi connectivity index (χ2n) is 6.57. The Kier molecular flexibility index (Phi) is 13.7. The fourth-order valence-corrected chi connectivity index (χ4v) is 3.49. The minimum atomic E-state index is -0.956. The first kappa shape index (κ1) is 22.6. The summed E-state index contributed by atoms with van der Waals surface area (Å²) in [6.07, 6.45) is 12.9. The van der Waals surface area contributed by atoms with Crippen LogP contribution in [0.2, 0.25) is 0 Å². The number of hydrogen-bond donors (Lipinski definition) is 2. The first-order valence-electron chi connectivity index (χ1n) is 9.94. The van der Waals surface area contributed by atoms with E-state index in [-0.39, 0.29) is 5.04 Å². The number of hydrazone groups is 1. The lowest BCUT2D eigenvalue weighted by Crippen LogP contribution is -2.15. The number of nitrogens with zero attached hydrogens (tertiary/aromatic N) is 1. The summed E-state index contributed by atoms with van der Waals surface area (Å²) in [5.74, 6) is -0.142. The van der Waals surface area contributed by atoms with Gasteiger partial charge in [-0.15, -0.1) is 0 Å². The highest BCUT2D eigenvalue weighted by Gasteiger charge is 2.09. The van der Waals surface area contributed by atoms with Gasteiger partial charge in [0.2, 0.25) is 5.04 Å². The summed E-state index contributed by atoms with van der Waals surface area (Å²) in [5, 5.41) is 13.4. The van der Waals surface area contributed by atoms with E-state index in [0.717, 1.165) is 17.7 Å². The first-order chi connectivity index (χ1) is 12.7. The third kappa shape index (κ3) is 12.0. The Labute approximate surface area is 162 Å². The number of hydrogen-bond acceptors (Lipinski definition) is 4. The molecule has 0 atom stereocenters. The van der Waals surface area contributed by atoms with E-state index in [0.29, 0.717) is 6.54 Å². The Bertz CT molecular complexity index is 506. The molecule has 0 fully saturated rings. The number of aliphatic carboxylic acids is 1. The molecule has 0 radical (unpaired) electrons. The van der Waals surface area contributed by atoms with Crippen molar-refractivity contribution in [1.29, 1.82) is 0 Å². The van der Waals surface area contributed by atoms with E-state index in [1.54, 1.807) is 0 Å². The summed E-state index contributed by atoms with van der Waals surface area (Å²) in [6.45, 7) is 2.79. The molecule has 0 amide bonds. The molecule has 0 spiro atoms. The number of benzene rings is 1. The molecule has 1 aromatic carbocycles. The van der Waals surface area contributed by atoms with Gasteiger partial charge in [-0.1, -0.05) is 107 Å². The molecule has 0 aliphatic rings. The van der Waals surface area contributed by atoms with E-state index in [1.165, 1.54) is 69.5 Å². The summed E-state index contributed by atoms with van der Waals surface area (Å²) in [7, 11) is 0. The molecule has 1 aromatic rings. The van der Waals surface area contributed by atoms with Crippen LogP contribution < -0.4 is 5.43 Å². The molecule has 0 bridgehead atoms. The van der Waals surface area contributed by atoms with Gasteiger partial charge in [0.1, 0.15) is 0 Å². The summed E-state index contributed by atoms with van der Waals surface area (Å²) >= 11 is 1.33. The molecule has 2 N–H and O–H groups in total. The predicted molar refractivity (Wildman–Crippen MR) is 113 cm³/mol. The van der Waals surface area contributed by atoms with Gasteiger partial charge in [-0.3, -0.25) is 0 Å². The number of carboxylic acids is 1. The Morgan fingerprint density at radius 2 is 1.54 bits per heavy atom. The topological polar surface area (TPSA) is 61.7 Å². The van der Waals surface area contributed by atoms with Crippen LogP contribution in [0.25, 0.3) is 0 Å². The maximum absolute atomic E-state index is 11.3. The van der Waals surface area contributed by atoms with Crippen molar-refractivity contribution >= 4 is 22.8 Å². The van der Waals surface area contributed by atoms with Gasteiger partial charge < -0.3 is 10.5 Å². The van der Waals surface area contributed by atoms with Crippen molar-refractivity contribution in [2.75, 3.05) is 5.75 Å². The summed E-state index contributed by atoms with van der Waals surface area (Å²) < 4.78 is 0. The number of rotatable bonds is 14. The number of carboxylic acid groups (broad SMARTS) is 1. The number of carbonyl (C=O) groups is 1. The molecule has 1 rings (SSSR count). The van der Waals surface area contributed by atoms with E-state index < -0.39 is 5.97 Å². The molecular formula is C21H34N2O2S. The predicted octanol–water partition coefficient (Wildman–Crippen LogP) is 5.83. The van der Waals surface area contributed by atoms with E-state index in [9.17, 15) is 9.90 Å². The zero-order valence-electron chi connectivity index (χ0n) is 16.1. The quantitative estimate of drug-likeness (QED) is 0.185. The van der Waals surface area contributed by atoms with Crippen molar-refractivity contribution in [3.63, 3.8) is 0 Å². The van der Waals surface area contributed by atoms with Crippen LogP contribution in [-0.2, 0) is 11.3 Å². The molecule has 146 valence electrons. The summed E-state index contributed by atoms with van der Waals surface area (Å²) in [6, 6.07) is 9.84. The molecular weight excluding hydrogens is 344 g/mol. The monoisotopic (exact) mass is 378 g/mol. The van der Waals surface area contributed by atoms with Crippen LogP contribution in [0.15, 0.2) is 35.4 Å². The Morgan fingerprint density at radius 1 is 0.962 bits per heavy atom. The SMILES string of the molecule is CCCCCCCCCCCCS/C(=N\NCc1ccccc1)C(=O)O. The van der Waals surface area contributed by atoms with Gasteiger partial charge in [-0.05, 0) is 17.7 Å². The van der Waals surface area contributed by atoms with Crippen molar-refractivity contribution in [2.24, 2.45) is 5.10 Å². The van der Waals surface area contributed by atoms with Crippen molar-refractivity contribution in [1.82, 2.24) is 5.43 Å². The van der Waals surface area contributed by atoms with Crippen LogP contribution >= 0.6 is 11.8 Å². The van der Waals surface area contributed by atoms with E-state index in [4.69, 9.17) is 0 Å². The van der Waals surface area contributed by atoms with Gasteiger partial charge in [0.15, 0.2) is 0 Å². The summed E-state index contributed by atoms with van der Waals surface area (Å²) in [4.78, 5) is 11.3. The van der Waals surface area contributed by atoms with Crippen LogP contribution in [0.3, 0.4) is 0 Å². The lowest BCUT2D eigenvalue weighted by molar-refractivity contribution is -0.129. The molecule has 0 aliphatic carbocycles. The maximum Gasteiger partial charge on any atom is 0.363 e. The minimum Gasteiger partial charge on any atom is -0.476 e. The zero-order chi connectivity index (χ0) is 18.9. The standard InChI is InChI=1S/C21H34N2O2S/c1-2-3-4-5-6-7-8-9-10-14-17-26-20(21(24)25)23-22-18-19-15-12-11-13-16-19/h11-13,15-16,22H,2-10,14,17-18H2,1H3,(H,24,25)/b23-20-. The Hall–Kier alpha value is -1.49. The highest BCUT2D eigenvalue weighted by Crippen LogP contribution is 2.13. The largest absolute Gasteiger partial charge is 0.476 e. The minimum absolute atomic E-state index is 0.150. The van der Waals surface area contributed by atoms with E-state index in [1.807, 2.05) is 30.3 Å². The van der Waals surface area contributed by atoms with Crippen molar-refractivity contribution < 1.29 is 9.90 Å². The van der Waals surface area contributed by atoms with Crippen LogP contribution in [0.5, 0.6) is 0 Å².